The van der Waals surface area contributed by atoms with E-state index in [-0.39, 0.29) is 34.8 Å². The normalized spacial score (nSPS) is 12.1. The molecule has 0 bridgehead atoms. The first kappa shape index (κ1) is 29.5. The molecule has 0 aliphatic rings. The van der Waals surface area contributed by atoms with Gasteiger partial charge in [0.1, 0.15) is 17.2 Å². The summed E-state index contributed by atoms with van der Waals surface area (Å²) in [6.45, 7) is 7.86. The van der Waals surface area contributed by atoms with Gasteiger partial charge in [0.2, 0.25) is 0 Å². The first-order valence-electron chi connectivity index (χ1n) is 13.6. The number of nitriles is 1. The van der Waals surface area contributed by atoms with Gasteiger partial charge in [-0.15, -0.1) is 0 Å². The van der Waals surface area contributed by atoms with E-state index in [1.165, 1.54) is 24.1 Å². The van der Waals surface area contributed by atoms with Crippen molar-refractivity contribution in [3.05, 3.63) is 77.6 Å². The summed E-state index contributed by atoms with van der Waals surface area (Å²) in [5, 5.41) is 23.0. The predicted molar refractivity (Wildman–Crippen MR) is 158 cm³/mol. The fourth-order valence-electron chi connectivity index (χ4n) is 5.31. The molecule has 0 aliphatic heterocycles. The summed E-state index contributed by atoms with van der Waals surface area (Å²) in [7, 11) is 1.52. The van der Waals surface area contributed by atoms with Crippen LogP contribution in [0.5, 0.6) is 0 Å². The molecule has 0 saturated heterocycles. The number of Topliss-reactive ketones (excluding diaryl/α,β-unsaturated/α-hetero) is 1. The number of halogens is 1. The number of ketones is 1. The minimum absolute atomic E-state index is 0.0549. The highest BCUT2D eigenvalue weighted by Crippen LogP contribution is 2.41. The lowest BCUT2D eigenvalue weighted by atomic mass is 9.80. The highest BCUT2D eigenvalue weighted by Gasteiger charge is 2.27. The molecule has 1 heterocycles. The maximum Gasteiger partial charge on any atom is 0.255 e. The molecule has 3 aromatic carbocycles. The predicted octanol–water partition coefficient (Wildman–Crippen LogP) is 6.94. The molecule has 212 valence electrons. The Morgan fingerprint density at radius 3 is 2.44 bits per heavy atom. The minimum Gasteiger partial charge on any atom is -0.455 e. The number of anilines is 1. The molecule has 2 N–H and O–H groups in total. The molecule has 0 aliphatic carbocycles. The third-order valence-electron chi connectivity index (χ3n) is 7.08. The number of hydrogen-bond donors (Lipinski definition) is 2. The molecule has 8 heteroatoms. The number of furan rings is 1. The number of carbonyl (C=O) groups excluding carboxylic acids is 2. The van der Waals surface area contributed by atoms with E-state index in [0.29, 0.717) is 51.9 Å². The topological polar surface area (TPSA) is 107 Å². The second-order valence-corrected chi connectivity index (χ2v) is 11.0. The largest absolute Gasteiger partial charge is 0.455 e. The maximum absolute atomic E-state index is 13.6. The fourth-order valence-corrected chi connectivity index (χ4v) is 5.31. The smallest absolute Gasteiger partial charge is 0.255 e. The average molecular weight is 556 g/mol. The first-order valence-corrected chi connectivity index (χ1v) is 13.6. The third-order valence-corrected chi connectivity index (χ3v) is 7.08. The van der Waals surface area contributed by atoms with Crippen molar-refractivity contribution in [3.63, 3.8) is 0 Å². The number of fused-ring (bicyclic) bond motifs is 1. The summed E-state index contributed by atoms with van der Waals surface area (Å²) in [6.07, 6.45) is 2.44. The van der Waals surface area contributed by atoms with Crippen LogP contribution in [0.1, 0.15) is 61.3 Å². The van der Waals surface area contributed by atoms with Crippen LogP contribution >= 0.6 is 0 Å². The molecule has 7 nitrogen and oxygen atoms in total. The summed E-state index contributed by atoms with van der Waals surface area (Å²) >= 11 is 0. The molecule has 1 unspecified atom stereocenters. The number of nitrogens with one attached hydrogen (secondary N) is 1. The molecule has 0 radical (unpaired) electrons. The standard InChI is InChI=1S/C33H34FN3O4/c1-6-37(19-35)27-16-29-26(30(32(40)36-5)31(41-29)21-10-12-24(34)13-11-21)15-25(27)22-8-7-9-23(14-22)28(39)18-33(3,4)17-20(2)38/h7-16,20,38H,6,17-18H2,1-5H3,(H,36,40). The SMILES string of the molecule is CCN(C#N)c1cc2oc(-c3ccc(F)cc3)c(C(=O)NC)c2cc1-c1cccc(C(=O)CC(C)(C)CC(C)O)c1. The Labute approximate surface area is 239 Å². The van der Waals surface area contributed by atoms with Gasteiger partial charge in [-0.1, -0.05) is 32.0 Å². The Hall–Kier alpha value is -4.48. The van der Waals surface area contributed by atoms with Crippen molar-refractivity contribution in [3.8, 4) is 28.6 Å². The van der Waals surface area contributed by atoms with Gasteiger partial charge in [-0.3, -0.25) is 14.5 Å². The van der Waals surface area contributed by atoms with Gasteiger partial charge in [0.25, 0.3) is 5.91 Å². The number of carbonyl (C=O) groups is 2. The summed E-state index contributed by atoms with van der Waals surface area (Å²) in [5.41, 5.74) is 3.24. The number of benzene rings is 3. The van der Waals surface area contributed by atoms with Crippen LogP contribution in [0.15, 0.2) is 65.1 Å². The zero-order chi connectivity index (χ0) is 29.9. The Kier molecular flexibility index (Phi) is 8.60. The number of aliphatic hydroxyl groups is 1. The van der Waals surface area contributed by atoms with Crippen LogP contribution in [0.3, 0.4) is 0 Å². The van der Waals surface area contributed by atoms with E-state index in [9.17, 15) is 24.3 Å². The van der Waals surface area contributed by atoms with Crippen LogP contribution in [-0.2, 0) is 0 Å². The van der Waals surface area contributed by atoms with Gasteiger partial charge >= 0.3 is 0 Å². The lowest BCUT2D eigenvalue weighted by Crippen LogP contribution is -2.22. The molecule has 1 atom stereocenters. The van der Waals surface area contributed by atoms with E-state index in [1.54, 1.807) is 49.4 Å². The van der Waals surface area contributed by atoms with Crippen LogP contribution in [0.25, 0.3) is 33.4 Å². The average Bonchev–Trinajstić information content (AvgIpc) is 3.30. The van der Waals surface area contributed by atoms with Gasteiger partial charge in [0.15, 0.2) is 12.0 Å². The molecule has 41 heavy (non-hydrogen) atoms. The van der Waals surface area contributed by atoms with Crippen molar-refractivity contribution < 1.29 is 23.5 Å². The Balaban J connectivity index is 1.91. The van der Waals surface area contributed by atoms with Crippen molar-refractivity contribution in [1.29, 1.82) is 5.26 Å². The summed E-state index contributed by atoms with van der Waals surface area (Å²) < 4.78 is 19.8. The molecule has 4 rings (SSSR count). The number of aliphatic hydroxyl groups excluding tert-OH is 1. The van der Waals surface area contributed by atoms with Crippen molar-refractivity contribution in [2.75, 3.05) is 18.5 Å². The number of hydrogen-bond acceptors (Lipinski definition) is 6. The Morgan fingerprint density at radius 1 is 1.12 bits per heavy atom. The quantitative estimate of drug-likeness (QED) is 0.125. The van der Waals surface area contributed by atoms with E-state index in [0.717, 1.165) is 0 Å². The van der Waals surface area contributed by atoms with Crippen LogP contribution < -0.4 is 10.2 Å². The first-order chi connectivity index (χ1) is 19.5. The lowest BCUT2D eigenvalue weighted by Gasteiger charge is -2.25. The number of amides is 1. The summed E-state index contributed by atoms with van der Waals surface area (Å²) in [5.74, 6) is -0.557. The van der Waals surface area contributed by atoms with Crippen LogP contribution in [0.4, 0.5) is 10.1 Å². The Bertz CT molecular complexity index is 1630. The number of nitrogens with zero attached hydrogens (tertiary/aromatic N) is 2. The van der Waals surface area contributed by atoms with E-state index >= 15 is 0 Å². The molecular formula is C33H34FN3O4. The van der Waals surface area contributed by atoms with Gasteiger partial charge in [0.05, 0.1) is 17.4 Å². The molecular weight excluding hydrogens is 521 g/mol. The summed E-state index contributed by atoms with van der Waals surface area (Å²) in [6, 6.07) is 16.4. The van der Waals surface area contributed by atoms with E-state index in [2.05, 4.69) is 11.5 Å². The van der Waals surface area contributed by atoms with Crippen molar-refractivity contribution >= 4 is 28.3 Å². The van der Waals surface area contributed by atoms with Crippen LogP contribution in [0, 0.1) is 22.7 Å². The second kappa shape index (κ2) is 11.9. The van der Waals surface area contributed by atoms with Gasteiger partial charge in [0, 0.05) is 48.2 Å². The highest BCUT2D eigenvalue weighted by atomic mass is 19.1. The zero-order valence-electron chi connectivity index (χ0n) is 23.9. The molecule has 0 saturated carbocycles. The van der Waals surface area contributed by atoms with E-state index < -0.39 is 11.9 Å². The van der Waals surface area contributed by atoms with Crippen LogP contribution in [0.2, 0.25) is 0 Å². The zero-order valence-corrected chi connectivity index (χ0v) is 23.9. The van der Waals surface area contributed by atoms with Crippen molar-refractivity contribution in [2.45, 2.75) is 46.6 Å². The number of rotatable bonds is 10. The van der Waals surface area contributed by atoms with Gasteiger partial charge in [-0.25, -0.2) is 4.39 Å². The van der Waals surface area contributed by atoms with Crippen molar-refractivity contribution in [1.82, 2.24) is 5.32 Å². The molecule has 0 spiro atoms. The van der Waals surface area contributed by atoms with E-state index in [1.807, 2.05) is 26.8 Å². The molecule has 4 aromatic rings. The van der Waals surface area contributed by atoms with Crippen molar-refractivity contribution in [2.24, 2.45) is 5.41 Å². The lowest BCUT2D eigenvalue weighted by molar-refractivity contribution is 0.0856. The monoisotopic (exact) mass is 555 g/mol. The van der Waals surface area contributed by atoms with Gasteiger partial charge in [-0.2, -0.15) is 5.26 Å². The second-order valence-electron chi connectivity index (χ2n) is 11.0. The summed E-state index contributed by atoms with van der Waals surface area (Å²) in [4.78, 5) is 27.9. The fraction of sp³-hybridized carbons (Fsp3) is 0.303. The third kappa shape index (κ3) is 6.31. The maximum atomic E-state index is 13.6. The van der Waals surface area contributed by atoms with Crippen LogP contribution in [-0.4, -0.2) is 36.5 Å². The van der Waals surface area contributed by atoms with Gasteiger partial charge in [-0.05, 0) is 67.6 Å². The molecule has 1 aromatic heterocycles. The highest BCUT2D eigenvalue weighted by molar-refractivity contribution is 6.13. The Morgan fingerprint density at radius 2 is 1.83 bits per heavy atom. The van der Waals surface area contributed by atoms with Gasteiger partial charge < -0.3 is 14.8 Å². The van der Waals surface area contributed by atoms with E-state index in [4.69, 9.17) is 4.42 Å². The molecule has 1 amide bonds. The molecule has 0 fully saturated rings. The minimum atomic E-state index is -0.520.